The summed E-state index contributed by atoms with van der Waals surface area (Å²) in [6.07, 6.45) is 24.5. The van der Waals surface area contributed by atoms with Gasteiger partial charge in [-0.3, -0.25) is 0 Å². The van der Waals surface area contributed by atoms with Crippen LogP contribution < -0.4 is 0 Å². The Morgan fingerprint density at radius 3 is 1.67 bits per heavy atom. The minimum atomic E-state index is 1.03. The molecule has 0 saturated carbocycles. The van der Waals surface area contributed by atoms with Crippen molar-refractivity contribution in [2.75, 3.05) is 0 Å². The van der Waals surface area contributed by atoms with Crippen molar-refractivity contribution in [3.05, 3.63) is 24.8 Å². The Morgan fingerprint density at radius 1 is 0.667 bits per heavy atom. The Kier molecular flexibility index (Phi) is 16.0. The lowest BCUT2D eigenvalue weighted by Crippen LogP contribution is -1.81. The van der Waals surface area contributed by atoms with Gasteiger partial charge in [0, 0.05) is 0 Å². The normalized spacial score (nSPS) is 11.2. The molecule has 0 radical (unpaired) electrons. The van der Waals surface area contributed by atoms with Gasteiger partial charge in [-0.25, -0.2) is 0 Å². The molecule has 0 heteroatoms. The van der Waals surface area contributed by atoms with E-state index in [2.05, 4.69) is 25.7 Å². The molecule has 0 aliphatic heterocycles. The summed E-state index contributed by atoms with van der Waals surface area (Å²) in [6.45, 7) is 5.99. The highest BCUT2D eigenvalue weighted by molar-refractivity contribution is 4.87. The Hall–Kier alpha value is -0.520. The van der Waals surface area contributed by atoms with Gasteiger partial charge < -0.3 is 0 Å². The van der Waals surface area contributed by atoms with E-state index in [0.717, 1.165) is 6.42 Å². The summed E-state index contributed by atoms with van der Waals surface area (Å²) >= 11 is 0. The van der Waals surface area contributed by atoms with Gasteiger partial charge >= 0.3 is 0 Å². The van der Waals surface area contributed by atoms with E-state index in [1.165, 1.54) is 77.0 Å². The molecule has 0 spiro atoms. The van der Waals surface area contributed by atoms with Crippen molar-refractivity contribution < 1.29 is 0 Å². The molecule has 0 heterocycles. The highest BCUT2D eigenvalue weighted by atomic mass is 14.0. The lowest BCUT2D eigenvalue weighted by Gasteiger charge is -2.01. The highest BCUT2D eigenvalue weighted by Gasteiger charge is 1.92. The molecule has 0 aromatic rings. The van der Waals surface area contributed by atoms with Crippen molar-refractivity contribution in [1.82, 2.24) is 0 Å². The highest BCUT2D eigenvalue weighted by Crippen LogP contribution is 2.11. The summed E-state index contributed by atoms with van der Waals surface area (Å²) in [7, 11) is 0. The smallest absolute Gasteiger partial charge is 0.0172 e. The fraction of sp³-hybridized carbons (Fsp3) is 0.778. The fourth-order valence-corrected chi connectivity index (χ4v) is 2.24. The summed E-state index contributed by atoms with van der Waals surface area (Å²) in [5, 5.41) is 0. The number of rotatable bonds is 14. The molecule has 0 amide bonds. The van der Waals surface area contributed by atoms with Gasteiger partial charge in [-0.15, -0.1) is 6.58 Å². The maximum absolute atomic E-state index is 3.71. The van der Waals surface area contributed by atoms with Gasteiger partial charge in [0.05, 0.1) is 0 Å². The predicted molar refractivity (Wildman–Crippen MR) is 85.0 cm³/mol. The van der Waals surface area contributed by atoms with Gasteiger partial charge in [0.1, 0.15) is 0 Å². The van der Waals surface area contributed by atoms with Gasteiger partial charge in [-0.2, -0.15) is 0 Å². The van der Waals surface area contributed by atoms with Crippen LogP contribution in [0.4, 0.5) is 0 Å². The number of unbranched alkanes of at least 4 members (excludes halogenated alkanes) is 11. The first kappa shape index (κ1) is 17.5. The quantitative estimate of drug-likeness (QED) is 0.234. The van der Waals surface area contributed by atoms with Crippen molar-refractivity contribution in [2.45, 2.75) is 90.4 Å². The molecular weight excluding hydrogens is 216 g/mol. The first-order chi connectivity index (χ1) is 8.91. The van der Waals surface area contributed by atoms with Gasteiger partial charge in [0.2, 0.25) is 0 Å². The lowest BCUT2D eigenvalue weighted by atomic mass is 10.1. The van der Waals surface area contributed by atoms with Gasteiger partial charge in [0.15, 0.2) is 0 Å². The third kappa shape index (κ3) is 15.5. The van der Waals surface area contributed by atoms with E-state index in [1.807, 2.05) is 6.08 Å². The van der Waals surface area contributed by atoms with Crippen molar-refractivity contribution in [3.8, 4) is 0 Å². The van der Waals surface area contributed by atoms with Crippen LogP contribution in [0.3, 0.4) is 0 Å². The Bertz CT molecular complexity index is 178. The standard InChI is InChI=1S/C18H34/c1-3-5-7-9-11-13-15-17-18-16-14-12-10-8-6-4-2/h3,7,9H,1,4-6,8,10-18H2,2H3. The van der Waals surface area contributed by atoms with E-state index in [4.69, 9.17) is 0 Å². The maximum Gasteiger partial charge on any atom is -0.0172 e. The Morgan fingerprint density at radius 2 is 1.17 bits per heavy atom. The molecule has 0 fully saturated rings. The van der Waals surface area contributed by atoms with E-state index < -0.39 is 0 Å². The first-order valence-corrected chi connectivity index (χ1v) is 8.17. The minimum Gasteiger partial charge on any atom is -0.103 e. The molecule has 106 valence electrons. The summed E-state index contributed by atoms with van der Waals surface area (Å²) < 4.78 is 0. The van der Waals surface area contributed by atoms with Crippen LogP contribution in [-0.2, 0) is 0 Å². The molecule has 0 aliphatic carbocycles. The zero-order valence-corrected chi connectivity index (χ0v) is 12.6. The molecule has 0 saturated heterocycles. The average Bonchev–Trinajstić information content (AvgIpc) is 2.39. The molecule has 0 rings (SSSR count). The van der Waals surface area contributed by atoms with Gasteiger partial charge in [0.25, 0.3) is 0 Å². The SMILES string of the molecule is C=CCC=CCCCCCCCCCCCCC. The van der Waals surface area contributed by atoms with Crippen LogP contribution in [0.5, 0.6) is 0 Å². The Balaban J connectivity index is 2.96. The molecular formula is C18H34. The fourth-order valence-electron chi connectivity index (χ4n) is 2.24. The Labute approximate surface area is 116 Å². The van der Waals surface area contributed by atoms with Crippen LogP contribution in [-0.4, -0.2) is 0 Å². The van der Waals surface area contributed by atoms with E-state index in [-0.39, 0.29) is 0 Å². The van der Waals surface area contributed by atoms with E-state index in [9.17, 15) is 0 Å². The van der Waals surface area contributed by atoms with Crippen LogP contribution in [0.25, 0.3) is 0 Å². The maximum atomic E-state index is 3.71. The summed E-state index contributed by atoms with van der Waals surface area (Å²) in [6, 6.07) is 0. The summed E-state index contributed by atoms with van der Waals surface area (Å²) in [5.41, 5.74) is 0. The van der Waals surface area contributed by atoms with Gasteiger partial charge in [-0.05, 0) is 19.3 Å². The second-order valence-corrected chi connectivity index (χ2v) is 5.32. The monoisotopic (exact) mass is 250 g/mol. The van der Waals surface area contributed by atoms with Crippen LogP contribution >= 0.6 is 0 Å². The zero-order valence-electron chi connectivity index (χ0n) is 12.6. The largest absolute Gasteiger partial charge is 0.103 e. The summed E-state index contributed by atoms with van der Waals surface area (Å²) in [4.78, 5) is 0. The van der Waals surface area contributed by atoms with Crippen molar-refractivity contribution in [3.63, 3.8) is 0 Å². The number of hydrogen-bond donors (Lipinski definition) is 0. The molecule has 0 bridgehead atoms. The third-order valence-corrected chi connectivity index (χ3v) is 3.44. The van der Waals surface area contributed by atoms with E-state index >= 15 is 0 Å². The van der Waals surface area contributed by atoms with E-state index in [1.54, 1.807) is 0 Å². The van der Waals surface area contributed by atoms with Crippen LogP contribution in [0.15, 0.2) is 24.8 Å². The van der Waals surface area contributed by atoms with Crippen LogP contribution in [0.1, 0.15) is 90.4 Å². The second kappa shape index (κ2) is 16.5. The molecule has 0 unspecified atom stereocenters. The van der Waals surface area contributed by atoms with Gasteiger partial charge in [-0.1, -0.05) is 89.4 Å². The molecule has 0 atom stereocenters. The minimum absolute atomic E-state index is 1.03. The average molecular weight is 250 g/mol. The van der Waals surface area contributed by atoms with Crippen LogP contribution in [0, 0.1) is 0 Å². The second-order valence-electron chi connectivity index (χ2n) is 5.32. The van der Waals surface area contributed by atoms with Crippen molar-refractivity contribution in [1.29, 1.82) is 0 Å². The predicted octanol–water partition coefficient (Wildman–Crippen LogP) is 6.82. The topological polar surface area (TPSA) is 0 Å². The first-order valence-electron chi connectivity index (χ1n) is 8.17. The molecule has 18 heavy (non-hydrogen) atoms. The number of hydrogen-bond acceptors (Lipinski definition) is 0. The van der Waals surface area contributed by atoms with Crippen molar-refractivity contribution in [2.24, 2.45) is 0 Å². The molecule has 0 aromatic carbocycles. The van der Waals surface area contributed by atoms with Crippen molar-refractivity contribution >= 4 is 0 Å². The number of allylic oxidation sites excluding steroid dienone is 3. The lowest BCUT2D eigenvalue weighted by molar-refractivity contribution is 0.550. The third-order valence-electron chi connectivity index (χ3n) is 3.44. The molecule has 0 nitrogen and oxygen atoms in total. The zero-order chi connectivity index (χ0) is 13.3. The molecule has 0 aliphatic rings. The summed E-state index contributed by atoms with van der Waals surface area (Å²) in [5.74, 6) is 0. The molecule has 0 N–H and O–H groups in total. The molecule has 0 aromatic heterocycles. The van der Waals surface area contributed by atoms with Crippen LogP contribution in [0.2, 0.25) is 0 Å². The van der Waals surface area contributed by atoms with E-state index in [0.29, 0.717) is 0 Å².